The molecular weight excluding hydrogens is 254 g/mol. The smallest absolute Gasteiger partial charge is 0.0772 e. The van der Waals surface area contributed by atoms with Crippen LogP contribution < -0.4 is 11.3 Å². The van der Waals surface area contributed by atoms with Gasteiger partial charge in [-0.15, -0.1) is 11.3 Å². The maximum atomic E-state index is 6.10. The molecule has 3 N–H and O–H groups in total. The van der Waals surface area contributed by atoms with Crippen LogP contribution >= 0.6 is 22.9 Å². The van der Waals surface area contributed by atoms with Crippen molar-refractivity contribution < 1.29 is 0 Å². The van der Waals surface area contributed by atoms with Crippen LogP contribution in [0.15, 0.2) is 35.8 Å². The van der Waals surface area contributed by atoms with E-state index >= 15 is 0 Å². The summed E-state index contributed by atoms with van der Waals surface area (Å²) in [6, 6.07) is 7.82. The molecule has 90 valence electrons. The van der Waals surface area contributed by atoms with Crippen LogP contribution in [0.4, 0.5) is 0 Å². The first-order valence-corrected chi connectivity index (χ1v) is 6.66. The Balaban J connectivity index is 2.04. The standard InChI is InChI=1S/C12H14ClN3S/c13-10-4-1-7-15-12(10)11(16-14)6-5-9-3-2-8-17-9/h1-4,7-8,11,16H,5-6,14H2. The summed E-state index contributed by atoms with van der Waals surface area (Å²) in [7, 11) is 0. The summed E-state index contributed by atoms with van der Waals surface area (Å²) in [6.07, 6.45) is 3.59. The van der Waals surface area contributed by atoms with Crippen LogP contribution in [0.25, 0.3) is 0 Å². The Morgan fingerprint density at radius 3 is 2.94 bits per heavy atom. The summed E-state index contributed by atoms with van der Waals surface area (Å²) < 4.78 is 0. The number of pyridine rings is 1. The highest BCUT2D eigenvalue weighted by molar-refractivity contribution is 7.09. The van der Waals surface area contributed by atoms with E-state index in [2.05, 4.69) is 27.9 Å². The van der Waals surface area contributed by atoms with Crippen LogP contribution in [0.5, 0.6) is 0 Å². The van der Waals surface area contributed by atoms with Crippen LogP contribution in [-0.2, 0) is 6.42 Å². The lowest BCUT2D eigenvalue weighted by Gasteiger charge is -2.15. The van der Waals surface area contributed by atoms with Gasteiger partial charge < -0.3 is 0 Å². The predicted octanol–water partition coefficient (Wildman–Crippen LogP) is 2.93. The van der Waals surface area contributed by atoms with Crippen molar-refractivity contribution in [3.8, 4) is 0 Å². The first-order chi connectivity index (χ1) is 8.31. The van der Waals surface area contributed by atoms with Crippen LogP contribution in [0.1, 0.15) is 23.0 Å². The van der Waals surface area contributed by atoms with Crippen molar-refractivity contribution in [2.24, 2.45) is 5.84 Å². The van der Waals surface area contributed by atoms with E-state index in [4.69, 9.17) is 17.4 Å². The molecule has 0 bridgehead atoms. The van der Waals surface area contributed by atoms with E-state index in [0.717, 1.165) is 18.5 Å². The third-order valence-corrected chi connectivity index (χ3v) is 3.83. The molecule has 0 amide bonds. The van der Waals surface area contributed by atoms with Crippen LogP contribution in [0.2, 0.25) is 5.02 Å². The molecule has 0 aliphatic carbocycles. The van der Waals surface area contributed by atoms with E-state index in [1.54, 1.807) is 17.5 Å². The Morgan fingerprint density at radius 1 is 1.41 bits per heavy atom. The Bertz CT molecular complexity index is 459. The summed E-state index contributed by atoms with van der Waals surface area (Å²) >= 11 is 7.86. The van der Waals surface area contributed by atoms with E-state index < -0.39 is 0 Å². The minimum atomic E-state index is -0.00852. The van der Waals surface area contributed by atoms with E-state index in [-0.39, 0.29) is 6.04 Å². The number of nitrogens with one attached hydrogen (secondary N) is 1. The normalized spacial score (nSPS) is 12.6. The van der Waals surface area contributed by atoms with E-state index in [9.17, 15) is 0 Å². The average Bonchev–Trinajstić information content (AvgIpc) is 2.85. The second kappa shape index (κ2) is 6.12. The number of hydrazine groups is 1. The second-order valence-electron chi connectivity index (χ2n) is 3.71. The number of halogens is 1. The molecule has 0 aliphatic rings. The van der Waals surface area contributed by atoms with Gasteiger partial charge in [0.15, 0.2) is 0 Å². The van der Waals surface area contributed by atoms with Gasteiger partial charge in [0.25, 0.3) is 0 Å². The lowest BCUT2D eigenvalue weighted by atomic mass is 10.1. The molecule has 2 aromatic rings. The van der Waals surface area contributed by atoms with E-state index in [1.807, 2.05) is 12.1 Å². The van der Waals surface area contributed by atoms with Crippen molar-refractivity contribution in [3.05, 3.63) is 51.4 Å². The summed E-state index contributed by atoms with van der Waals surface area (Å²) in [4.78, 5) is 5.62. The van der Waals surface area contributed by atoms with Gasteiger partial charge in [-0.1, -0.05) is 17.7 Å². The van der Waals surface area contributed by atoms with Crippen LogP contribution in [-0.4, -0.2) is 4.98 Å². The lowest BCUT2D eigenvalue weighted by molar-refractivity contribution is 0.506. The fraction of sp³-hybridized carbons (Fsp3) is 0.250. The molecule has 0 aliphatic heterocycles. The number of aromatic nitrogens is 1. The first-order valence-electron chi connectivity index (χ1n) is 5.40. The lowest BCUT2D eigenvalue weighted by Crippen LogP contribution is -2.29. The van der Waals surface area contributed by atoms with Gasteiger partial charge in [-0.05, 0) is 36.4 Å². The molecule has 0 fully saturated rings. The van der Waals surface area contributed by atoms with Crippen molar-refractivity contribution in [3.63, 3.8) is 0 Å². The molecule has 5 heteroatoms. The largest absolute Gasteiger partial charge is 0.271 e. The zero-order valence-corrected chi connectivity index (χ0v) is 10.8. The molecule has 0 radical (unpaired) electrons. The quantitative estimate of drug-likeness (QED) is 0.647. The van der Waals surface area contributed by atoms with Crippen molar-refractivity contribution in [1.82, 2.24) is 10.4 Å². The minimum Gasteiger partial charge on any atom is -0.271 e. The van der Waals surface area contributed by atoms with Crippen molar-refractivity contribution in [2.75, 3.05) is 0 Å². The highest BCUT2D eigenvalue weighted by atomic mass is 35.5. The molecule has 2 heterocycles. The molecule has 1 atom stereocenters. The molecule has 0 saturated carbocycles. The van der Waals surface area contributed by atoms with Crippen molar-refractivity contribution >= 4 is 22.9 Å². The first kappa shape index (κ1) is 12.5. The number of aryl methyl sites for hydroxylation is 1. The molecule has 0 aromatic carbocycles. The monoisotopic (exact) mass is 267 g/mol. The molecule has 1 unspecified atom stereocenters. The number of nitrogens with two attached hydrogens (primary N) is 1. The Labute approximate surface area is 110 Å². The number of rotatable bonds is 5. The average molecular weight is 268 g/mol. The Hall–Kier alpha value is -0.940. The van der Waals surface area contributed by atoms with Gasteiger partial charge >= 0.3 is 0 Å². The Kier molecular flexibility index (Phi) is 4.50. The predicted molar refractivity (Wildman–Crippen MR) is 72.0 cm³/mol. The number of hydrogen-bond acceptors (Lipinski definition) is 4. The van der Waals surface area contributed by atoms with Crippen LogP contribution in [0.3, 0.4) is 0 Å². The minimum absolute atomic E-state index is 0.00852. The Morgan fingerprint density at radius 2 is 2.29 bits per heavy atom. The zero-order valence-electron chi connectivity index (χ0n) is 9.27. The third-order valence-electron chi connectivity index (χ3n) is 2.58. The zero-order chi connectivity index (χ0) is 12.1. The second-order valence-corrected chi connectivity index (χ2v) is 5.15. The highest BCUT2D eigenvalue weighted by Gasteiger charge is 2.14. The highest BCUT2D eigenvalue weighted by Crippen LogP contribution is 2.24. The fourth-order valence-electron chi connectivity index (χ4n) is 1.69. The van der Waals surface area contributed by atoms with Gasteiger partial charge in [0.2, 0.25) is 0 Å². The SMILES string of the molecule is NNC(CCc1cccs1)c1ncccc1Cl. The number of thiophene rings is 1. The van der Waals surface area contributed by atoms with Gasteiger partial charge in [0.05, 0.1) is 16.8 Å². The molecule has 0 spiro atoms. The van der Waals surface area contributed by atoms with E-state index in [1.165, 1.54) is 4.88 Å². The van der Waals surface area contributed by atoms with E-state index in [0.29, 0.717) is 5.02 Å². The molecule has 0 saturated heterocycles. The molecular formula is C12H14ClN3S. The van der Waals surface area contributed by atoms with Crippen LogP contribution in [0, 0.1) is 0 Å². The van der Waals surface area contributed by atoms with Gasteiger partial charge in [-0.25, -0.2) is 0 Å². The molecule has 17 heavy (non-hydrogen) atoms. The summed E-state index contributed by atoms with van der Waals surface area (Å²) in [5.41, 5.74) is 3.59. The van der Waals surface area contributed by atoms with Crippen molar-refractivity contribution in [1.29, 1.82) is 0 Å². The maximum absolute atomic E-state index is 6.10. The van der Waals surface area contributed by atoms with Gasteiger partial charge in [0, 0.05) is 11.1 Å². The molecule has 2 rings (SSSR count). The maximum Gasteiger partial charge on any atom is 0.0772 e. The number of nitrogens with zero attached hydrogens (tertiary/aromatic N) is 1. The fourth-order valence-corrected chi connectivity index (χ4v) is 2.67. The van der Waals surface area contributed by atoms with Gasteiger partial charge in [-0.2, -0.15) is 0 Å². The van der Waals surface area contributed by atoms with Crippen molar-refractivity contribution in [2.45, 2.75) is 18.9 Å². The summed E-state index contributed by atoms with van der Waals surface area (Å²) in [5, 5.41) is 2.73. The van der Waals surface area contributed by atoms with Gasteiger partial charge in [-0.3, -0.25) is 16.3 Å². The third kappa shape index (κ3) is 3.26. The molecule has 2 aromatic heterocycles. The summed E-state index contributed by atoms with van der Waals surface area (Å²) in [5.74, 6) is 5.57. The summed E-state index contributed by atoms with van der Waals surface area (Å²) in [6.45, 7) is 0. The molecule has 3 nitrogen and oxygen atoms in total. The topological polar surface area (TPSA) is 50.9 Å². The van der Waals surface area contributed by atoms with Gasteiger partial charge in [0.1, 0.15) is 0 Å². The number of hydrogen-bond donors (Lipinski definition) is 2.